The van der Waals surface area contributed by atoms with Crippen molar-refractivity contribution in [2.24, 2.45) is 0 Å². The number of methoxy groups -OCH3 is 3. The molecule has 0 radical (unpaired) electrons. The van der Waals surface area contributed by atoms with E-state index >= 15 is 0 Å². The van der Waals surface area contributed by atoms with Crippen LogP contribution in [0.15, 0.2) is 23.1 Å². The fourth-order valence-electron chi connectivity index (χ4n) is 1.92. The highest BCUT2D eigenvalue weighted by molar-refractivity contribution is 8.26. The van der Waals surface area contributed by atoms with Gasteiger partial charge >= 0.3 is 0 Å². The maximum Gasteiger partial charge on any atom is 0.263 e. The summed E-state index contributed by atoms with van der Waals surface area (Å²) in [7, 11) is 4.69. The van der Waals surface area contributed by atoms with Gasteiger partial charge in [-0.2, -0.15) is 0 Å². The number of hydrogen-bond acceptors (Lipinski definition) is 6. The normalized spacial score (nSPS) is 16.0. The molecule has 112 valence electrons. The molecule has 1 saturated heterocycles. The Kier molecular flexibility index (Phi) is 5.08. The van der Waals surface area contributed by atoms with E-state index < -0.39 is 0 Å². The quantitative estimate of drug-likeness (QED) is 0.662. The number of benzene rings is 1. The number of carbonyl (C=O) groups excluding carboxylic acids is 1. The summed E-state index contributed by atoms with van der Waals surface area (Å²) < 4.78 is 16.4. The molecule has 0 saturated carbocycles. The van der Waals surface area contributed by atoms with E-state index in [4.69, 9.17) is 26.4 Å². The highest BCUT2D eigenvalue weighted by Gasteiger charge is 2.21. The first-order chi connectivity index (χ1) is 10.1. The molecule has 1 amide bonds. The van der Waals surface area contributed by atoms with Crippen molar-refractivity contribution >= 4 is 34.2 Å². The summed E-state index contributed by atoms with van der Waals surface area (Å²) in [6.07, 6.45) is 2.40. The molecule has 0 aliphatic carbocycles. The highest BCUT2D eigenvalue weighted by Crippen LogP contribution is 2.38. The van der Waals surface area contributed by atoms with Gasteiger partial charge in [-0.15, -0.1) is 0 Å². The van der Waals surface area contributed by atoms with Gasteiger partial charge in [0.1, 0.15) is 4.32 Å². The van der Waals surface area contributed by atoms with Crippen molar-refractivity contribution in [2.75, 3.05) is 21.3 Å². The molecule has 5 nitrogen and oxygen atoms in total. The van der Waals surface area contributed by atoms with Crippen molar-refractivity contribution in [3.63, 3.8) is 0 Å². The fraction of sp³-hybridized carbons (Fsp3) is 0.286. The molecule has 1 heterocycles. The standard InChI is InChI=1S/C14H15NO4S2/c1-17-9-6-8(7-10(18-2)12(9)19-3)4-5-11-13(16)15-14(20)21-11/h5-7H,4H2,1-3H3,(H,15,16,20). The lowest BCUT2D eigenvalue weighted by Crippen LogP contribution is -2.17. The number of amides is 1. The van der Waals surface area contributed by atoms with Gasteiger partial charge in [-0.1, -0.05) is 30.1 Å². The molecule has 0 aromatic heterocycles. The Bertz CT molecular complexity index is 588. The van der Waals surface area contributed by atoms with E-state index in [0.29, 0.717) is 32.9 Å². The van der Waals surface area contributed by atoms with Gasteiger partial charge in [0, 0.05) is 0 Å². The van der Waals surface area contributed by atoms with Crippen molar-refractivity contribution in [1.29, 1.82) is 0 Å². The Balaban J connectivity index is 2.26. The summed E-state index contributed by atoms with van der Waals surface area (Å²) in [5.41, 5.74) is 0.947. The van der Waals surface area contributed by atoms with Gasteiger partial charge in [0.2, 0.25) is 5.75 Å². The zero-order chi connectivity index (χ0) is 15.4. The zero-order valence-electron chi connectivity index (χ0n) is 11.9. The highest BCUT2D eigenvalue weighted by atomic mass is 32.2. The monoisotopic (exact) mass is 325 g/mol. The van der Waals surface area contributed by atoms with Gasteiger partial charge in [-0.25, -0.2) is 0 Å². The lowest BCUT2D eigenvalue weighted by molar-refractivity contribution is -0.115. The van der Waals surface area contributed by atoms with Crippen molar-refractivity contribution in [3.8, 4) is 17.2 Å². The van der Waals surface area contributed by atoms with Crippen LogP contribution >= 0.6 is 24.0 Å². The molecule has 1 fully saturated rings. The van der Waals surface area contributed by atoms with E-state index in [1.807, 2.05) is 18.2 Å². The van der Waals surface area contributed by atoms with E-state index in [0.717, 1.165) is 5.56 Å². The minimum atomic E-state index is -0.155. The lowest BCUT2D eigenvalue weighted by Gasteiger charge is -2.13. The number of allylic oxidation sites excluding steroid dienone is 1. The summed E-state index contributed by atoms with van der Waals surface area (Å²) >= 11 is 6.21. The van der Waals surface area contributed by atoms with Gasteiger partial charge in [0.05, 0.1) is 26.2 Å². The van der Waals surface area contributed by atoms with Crippen LogP contribution in [0.3, 0.4) is 0 Å². The SMILES string of the molecule is COc1cc(CC=C2SC(=S)NC2=O)cc(OC)c1OC. The Morgan fingerprint density at radius 2 is 1.81 bits per heavy atom. The number of nitrogens with one attached hydrogen (secondary N) is 1. The second-order valence-electron chi connectivity index (χ2n) is 4.15. The van der Waals surface area contributed by atoms with Crippen molar-refractivity contribution in [1.82, 2.24) is 5.32 Å². The predicted octanol–water partition coefficient (Wildman–Crippen LogP) is 2.29. The number of thiocarbonyl (C=S) groups is 1. The molecular weight excluding hydrogens is 310 g/mol. The smallest absolute Gasteiger partial charge is 0.263 e. The molecule has 1 aliphatic rings. The average molecular weight is 325 g/mol. The molecule has 0 spiro atoms. The van der Waals surface area contributed by atoms with Gasteiger partial charge in [0.15, 0.2) is 11.5 Å². The van der Waals surface area contributed by atoms with Crippen molar-refractivity contribution in [2.45, 2.75) is 6.42 Å². The molecule has 21 heavy (non-hydrogen) atoms. The zero-order valence-corrected chi connectivity index (χ0v) is 13.5. The molecule has 1 aromatic rings. The van der Waals surface area contributed by atoms with Crippen LogP contribution in [0.4, 0.5) is 0 Å². The lowest BCUT2D eigenvalue weighted by atomic mass is 10.1. The number of hydrogen-bond donors (Lipinski definition) is 1. The third kappa shape index (κ3) is 3.48. The molecule has 0 atom stereocenters. The van der Waals surface area contributed by atoms with Crippen LogP contribution in [-0.4, -0.2) is 31.6 Å². The molecule has 1 N–H and O–H groups in total. The minimum absolute atomic E-state index is 0.155. The minimum Gasteiger partial charge on any atom is -0.493 e. The maximum absolute atomic E-state index is 11.6. The van der Waals surface area contributed by atoms with Crippen molar-refractivity contribution in [3.05, 3.63) is 28.7 Å². The summed E-state index contributed by atoms with van der Waals surface area (Å²) in [6.45, 7) is 0. The maximum atomic E-state index is 11.6. The second kappa shape index (κ2) is 6.82. The fourth-order valence-corrected chi connectivity index (χ4v) is 2.94. The molecule has 2 rings (SSSR count). The van der Waals surface area contributed by atoms with E-state index in [1.54, 1.807) is 21.3 Å². The Hall–Kier alpha value is -1.73. The van der Waals surface area contributed by atoms with E-state index in [2.05, 4.69) is 5.32 Å². The summed E-state index contributed by atoms with van der Waals surface area (Å²) in [5, 5.41) is 2.58. The van der Waals surface area contributed by atoms with Crippen LogP contribution < -0.4 is 19.5 Å². The van der Waals surface area contributed by atoms with Gasteiger partial charge in [-0.05, 0) is 24.1 Å². The van der Waals surface area contributed by atoms with Crippen LogP contribution in [0.2, 0.25) is 0 Å². The van der Waals surface area contributed by atoms with E-state index in [1.165, 1.54) is 11.8 Å². The Morgan fingerprint density at radius 3 is 2.24 bits per heavy atom. The summed E-state index contributed by atoms with van der Waals surface area (Å²) in [6, 6.07) is 3.71. The second-order valence-corrected chi connectivity index (χ2v) is 5.87. The Labute approximate surface area is 132 Å². The van der Waals surface area contributed by atoms with Crippen LogP contribution in [0.5, 0.6) is 17.2 Å². The molecule has 1 aliphatic heterocycles. The van der Waals surface area contributed by atoms with Gasteiger partial charge in [0.25, 0.3) is 5.91 Å². The molecule has 7 heteroatoms. The summed E-state index contributed by atoms with van der Waals surface area (Å²) in [5.74, 6) is 1.57. The van der Waals surface area contributed by atoms with Crippen LogP contribution in [-0.2, 0) is 11.2 Å². The topological polar surface area (TPSA) is 56.8 Å². The Morgan fingerprint density at radius 1 is 1.19 bits per heavy atom. The third-order valence-electron chi connectivity index (χ3n) is 2.89. The van der Waals surface area contributed by atoms with Gasteiger partial charge < -0.3 is 19.5 Å². The van der Waals surface area contributed by atoms with Gasteiger partial charge in [-0.3, -0.25) is 4.79 Å². The third-order valence-corrected chi connectivity index (χ3v) is 4.10. The summed E-state index contributed by atoms with van der Waals surface area (Å²) in [4.78, 5) is 12.2. The van der Waals surface area contributed by atoms with E-state index in [9.17, 15) is 4.79 Å². The number of ether oxygens (including phenoxy) is 3. The predicted molar refractivity (Wildman–Crippen MR) is 86.2 cm³/mol. The number of rotatable bonds is 5. The van der Waals surface area contributed by atoms with E-state index in [-0.39, 0.29) is 5.91 Å². The molecule has 0 bridgehead atoms. The first-order valence-corrected chi connectivity index (χ1v) is 7.33. The molecular formula is C14H15NO4S2. The van der Waals surface area contributed by atoms with Crippen LogP contribution in [0, 0.1) is 0 Å². The number of carbonyl (C=O) groups is 1. The van der Waals surface area contributed by atoms with Crippen molar-refractivity contribution < 1.29 is 19.0 Å². The average Bonchev–Trinajstić information content (AvgIpc) is 2.81. The molecule has 0 unspecified atom stereocenters. The van der Waals surface area contributed by atoms with Crippen LogP contribution in [0.1, 0.15) is 5.56 Å². The first kappa shape index (κ1) is 15.7. The first-order valence-electron chi connectivity index (χ1n) is 6.11. The number of thioether (sulfide) groups is 1. The largest absolute Gasteiger partial charge is 0.493 e. The van der Waals surface area contributed by atoms with Crippen LogP contribution in [0.25, 0.3) is 0 Å². The molecule has 1 aromatic carbocycles.